The van der Waals surface area contributed by atoms with Crippen molar-refractivity contribution in [2.75, 3.05) is 6.61 Å². The van der Waals surface area contributed by atoms with Crippen LogP contribution in [0.5, 0.6) is 0 Å². The highest BCUT2D eigenvalue weighted by molar-refractivity contribution is 5.90. The first-order chi connectivity index (χ1) is 6.56. The summed E-state index contributed by atoms with van der Waals surface area (Å²) in [5, 5.41) is 8.21. The molecule has 1 atom stereocenters. The molecule has 0 aromatic rings. The summed E-state index contributed by atoms with van der Waals surface area (Å²) in [5.41, 5.74) is 0. The van der Waals surface area contributed by atoms with Crippen molar-refractivity contribution in [3.05, 3.63) is 12.2 Å². The molecule has 0 saturated heterocycles. The molecule has 0 aliphatic heterocycles. The first-order valence-corrected chi connectivity index (χ1v) is 4.29. The van der Waals surface area contributed by atoms with Gasteiger partial charge < -0.3 is 14.6 Å². The Bertz CT molecular complexity index is 221. The molecule has 0 aliphatic rings. The van der Waals surface area contributed by atoms with Crippen LogP contribution in [0.25, 0.3) is 0 Å². The van der Waals surface area contributed by atoms with Gasteiger partial charge in [0.15, 0.2) is 6.29 Å². The number of esters is 1. The van der Waals surface area contributed by atoms with E-state index in [-0.39, 0.29) is 0 Å². The fourth-order valence-corrected chi connectivity index (χ4v) is 0.660. The summed E-state index contributed by atoms with van der Waals surface area (Å²) in [7, 11) is 0. The van der Waals surface area contributed by atoms with Gasteiger partial charge >= 0.3 is 11.9 Å². The van der Waals surface area contributed by atoms with Gasteiger partial charge in [-0.25, -0.2) is 9.59 Å². The highest BCUT2D eigenvalue weighted by atomic mass is 16.7. The molecule has 0 spiro atoms. The minimum absolute atomic E-state index is 0.497. The van der Waals surface area contributed by atoms with Gasteiger partial charge in [-0.1, -0.05) is 6.92 Å². The molecule has 1 unspecified atom stereocenters. The first-order valence-electron chi connectivity index (χ1n) is 4.29. The van der Waals surface area contributed by atoms with Crippen LogP contribution in [0.15, 0.2) is 12.2 Å². The topological polar surface area (TPSA) is 72.8 Å². The van der Waals surface area contributed by atoms with Crippen LogP contribution < -0.4 is 0 Å². The van der Waals surface area contributed by atoms with Gasteiger partial charge in [0.05, 0.1) is 6.61 Å². The Morgan fingerprint density at radius 2 is 2.07 bits per heavy atom. The molecule has 80 valence electrons. The Hall–Kier alpha value is -1.36. The van der Waals surface area contributed by atoms with Crippen LogP contribution in [0.3, 0.4) is 0 Å². The number of hydrogen-bond acceptors (Lipinski definition) is 4. The predicted molar refractivity (Wildman–Crippen MR) is 48.6 cm³/mol. The molecule has 0 radical (unpaired) electrons. The predicted octanol–water partition coefficient (Wildman–Crippen LogP) is 0.943. The Morgan fingerprint density at radius 1 is 1.43 bits per heavy atom. The maximum Gasteiger partial charge on any atom is 0.333 e. The maximum absolute atomic E-state index is 10.9. The fourth-order valence-electron chi connectivity index (χ4n) is 0.660. The summed E-state index contributed by atoms with van der Waals surface area (Å²) in [6.07, 6.45) is 1.73. The van der Waals surface area contributed by atoms with Crippen molar-refractivity contribution in [1.82, 2.24) is 0 Å². The Labute approximate surface area is 82.3 Å². The molecule has 0 aromatic carbocycles. The van der Waals surface area contributed by atoms with Crippen molar-refractivity contribution in [2.45, 2.75) is 26.6 Å². The third-order valence-corrected chi connectivity index (χ3v) is 1.20. The van der Waals surface area contributed by atoms with Gasteiger partial charge in [0.25, 0.3) is 0 Å². The summed E-state index contributed by atoms with van der Waals surface area (Å²) in [5.74, 6) is -1.92. The molecule has 0 heterocycles. The van der Waals surface area contributed by atoms with Crippen molar-refractivity contribution in [3.63, 3.8) is 0 Å². The van der Waals surface area contributed by atoms with Gasteiger partial charge in [-0.05, 0) is 13.3 Å². The second-order valence-corrected chi connectivity index (χ2v) is 2.55. The molecular formula is C9H14O5. The second-order valence-electron chi connectivity index (χ2n) is 2.55. The van der Waals surface area contributed by atoms with Crippen molar-refractivity contribution in [1.29, 1.82) is 0 Å². The summed E-state index contributed by atoms with van der Waals surface area (Å²) in [4.78, 5) is 20.9. The van der Waals surface area contributed by atoms with Crippen molar-refractivity contribution < 1.29 is 24.2 Å². The number of hydrogen-bond donors (Lipinski definition) is 1. The molecule has 0 saturated carbocycles. The molecule has 0 amide bonds. The molecule has 0 aromatic heterocycles. The van der Waals surface area contributed by atoms with Crippen LogP contribution >= 0.6 is 0 Å². The van der Waals surface area contributed by atoms with Crippen molar-refractivity contribution >= 4 is 11.9 Å². The van der Waals surface area contributed by atoms with E-state index >= 15 is 0 Å². The van der Waals surface area contributed by atoms with Gasteiger partial charge in [-0.15, -0.1) is 0 Å². The number of carbonyl (C=O) groups excluding carboxylic acids is 1. The van der Waals surface area contributed by atoms with E-state index in [4.69, 9.17) is 14.6 Å². The third-order valence-electron chi connectivity index (χ3n) is 1.20. The van der Waals surface area contributed by atoms with Gasteiger partial charge in [0.1, 0.15) is 0 Å². The zero-order valence-electron chi connectivity index (χ0n) is 8.23. The number of ether oxygens (including phenoxy) is 2. The zero-order chi connectivity index (χ0) is 11.0. The summed E-state index contributed by atoms with van der Waals surface area (Å²) >= 11 is 0. The van der Waals surface area contributed by atoms with Crippen LogP contribution in [0, 0.1) is 0 Å². The molecule has 0 rings (SSSR count). The number of carbonyl (C=O) groups is 2. The molecule has 0 fully saturated rings. The highest BCUT2D eigenvalue weighted by Gasteiger charge is 2.06. The van der Waals surface area contributed by atoms with E-state index in [2.05, 4.69) is 0 Å². The smallest absolute Gasteiger partial charge is 0.333 e. The molecule has 0 bridgehead atoms. The lowest BCUT2D eigenvalue weighted by Gasteiger charge is -2.11. The molecule has 5 heteroatoms. The largest absolute Gasteiger partial charge is 0.478 e. The summed E-state index contributed by atoms with van der Waals surface area (Å²) < 4.78 is 9.74. The number of aliphatic carboxylic acids is 1. The van der Waals surface area contributed by atoms with Crippen LogP contribution in [0.4, 0.5) is 0 Å². The minimum Gasteiger partial charge on any atom is -0.478 e. The molecule has 1 N–H and O–H groups in total. The van der Waals surface area contributed by atoms with Crippen LogP contribution in [-0.4, -0.2) is 29.9 Å². The standard InChI is InChI=1S/C9H14O5/c1-3-6-13-7(2)14-9(12)5-4-8(10)11/h4-5,7H,3,6H2,1-2H3,(H,10,11). The van der Waals surface area contributed by atoms with Gasteiger partial charge in [0.2, 0.25) is 0 Å². The second kappa shape index (κ2) is 7.08. The van der Waals surface area contributed by atoms with Gasteiger partial charge in [-0.3, -0.25) is 0 Å². The minimum atomic E-state index is -1.19. The summed E-state index contributed by atoms with van der Waals surface area (Å²) in [6, 6.07) is 0. The SMILES string of the molecule is CCCOC(C)OC(=O)C=CC(=O)O. The van der Waals surface area contributed by atoms with E-state index in [0.717, 1.165) is 18.6 Å². The number of carboxylic acid groups (broad SMARTS) is 1. The van der Waals surface area contributed by atoms with E-state index in [1.165, 1.54) is 0 Å². The number of rotatable bonds is 6. The molecule has 5 nitrogen and oxygen atoms in total. The Balaban J connectivity index is 3.76. The van der Waals surface area contributed by atoms with Crippen LogP contribution in [0.2, 0.25) is 0 Å². The van der Waals surface area contributed by atoms with Crippen LogP contribution in [-0.2, 0) is 19.1 Å². The average molecular weight is 202 g/mol. The van der Waals surface area contributed by atoms with E-state index in [1.54, 1.807) is 6.92 Å². The normalized spacial score (nSPS) is 12.7. The van der Waals surface area contributed by atoms with E-state index in [0.29, 0.717) is 6.61 Å². The van der Waals surface area contributed by atoms with Crippen LogP contribution in [0.1, 0.15) is 20.3 Å². The fraction of sp³-hybridized carbons (Fsp3) is 0.556. The van der Waals surface area contributed by atoms with E-state index in [1.807, 2.05) is 6.92 Å². The lowest BCUT2D eigenvalue weighted by Crippen LogP contribution is -2.17. The highest BCUT2D eigenvalue weighted by Crippen LogP contribution is 1.96. The van der Waals surface area contributed by atoms with Crippen molar-refractivity contribution in [3.8, 4) is 0 Å². The maximum atomic E-state index is 10.9. The Kier molecular flexibility index (Phi) is 6.39. The quantitative estimate of drug-likeness (QED) is 0.394. The molecular weight excluding hydrogens is 188 g/mol. The monoisotopic (exact) mass is 202 g/mol. The first kappa shape index (κ1) is 12.6. The lowest BCUT2D eigenvalue weighted by molar-refractivity contribution is -0.168. The third kappa shape index (κ3) is 7.30. The zero-order valence-corrected chi connectivity index (χ0v) is 8.23. The summed E-state index contributed by atoms with van der Waals surface area (Å²) in [6.45, 7) is 4.00. The van der Waals surface area contributed by atoms with E-state index in [9.17, 15) is 9.59 Å². The average Bonchev–Trinajstić information content (AvgIpc) is 2.11. The van der Waals surface area contributed by atoms with Crippen molar-refractivity contribution in [2.24, 2.45) is 0 Å². The lowest BCUT2D eigenvalue weighted by atomic mass is 10.5. The Morgan fingerprint density at radius 3 is 2.57 bits per heavy atom. The van der Waals surface area contributed by atoms with Gasteiger partial charge in [0, 0.05) is 12.2 Å². The van der Waals surface area contributed by atoms with E-state index < -0.39 is 18.2 Å². The molecule has 14 heavy (non-hydrogen) atoms. The van der Waals surface area contributed by atoms with Gasteiger partial charge in [-0.2, -0.15) is 0 Å². The molecule has 0 aliphatic carbocycles. The number of carboxylic acids is 1.